The summed E-state index contributed by atoms with van der Waals surface area (Å²) in [5.41, 5.74) is 0.427. The van der Waals surface area contributed by atoms with Gasteiger partial charge < -0.3 is 10.2 Å². The summed E-state index contributed by atoms with van der Waals surface area (Å²) in [7, 11) is 0. The highest BCUT2D eigenvalue weighted by Gasteiger charge is 2.29. The van der Waals surface area contributed by atoms with Gasteiger partial charge >= 0.3 is 0 Å². The number of aromatic nitrogens is 2. The molecule has 0 spiro atoms. The number of hydrogen-bond acceptors (Lipinski definition) is 4. The third kappa shape index (κ3) is 3.66. The van der Waals surface area contributed by atoms with E-state index in [4.69, 9.17) is 0 Å². The fourth-order valence-corrected chi connectivity index (χ4v) is 1.98. The van der Waals surface area contributed by atoms with Gasteiger partial charge in [-0.25, -0.2) is 0 Å². The van der Waals surface area contributed by atoms with Crippen molar-refractivity contribution >= 4 is 11.7 Å². The van der Waals surface area contributed by atoms with Crippen LogP contribution < -0.4 is 5.32 Å². The van der Waals surface area contributed by atoms with Crippen LogP contribution in [0, 0.1) is 5.92 Å². The number of hydrogen-bond donors (Lipinski definition) is 1. The minimum absolute atomic E-state index is 0.0163. The maximum Gasteiger partial charge on any atom is 0.274 e. The van der Waals surface area contributed by atoms with Crippen molar-refractivity contribution in [3.8, 4) is 0 Å². The van der Waals surface area contributed by atoms with Crippen LogP contribution in [-0.4, -0.2) is 40.1 Å². The average molecular weight is 262 g/mol. The molecule has 0 aliphatic heterocycles. The van der Waals surface area contributed by atoms with E-state index in [2.05, 4.69) is 15.5 Å². The van der Waals surface area contributed by atoms with Crippen molar-refractivity contribution in [3.05, 3.63) is 17.8 Å². The van der Waals surface area contributed by atoms with Crippen LogP contribution >= 0.6 is 0 Å². The molecule has 1 N–H and O–H groups in total. The maximum atomic E-state index is 12.4. The van der Waals surface area contributed by atoms with Crippen LogP contribution in [0.25, 0.3) is 0 Å². The molecule has 1 saturated carbocycles. The molecule has 2 rings (SSSR count). The molecule has 1 aromatic heterocycles. The average Bonchev–Trinajstić information content (AvgIpc) is 3.20. The smallest absolute Gasteiger partial charge is 0.274 e. The summed E-state index contributed by atoms with van der Waals surface area (Å²) < 4.78 is 0. The molecule has 1 amide bonds. The van der Waals surface area contributed by atoms with Crippen LogP contribution in [0.1, 0.15) is 44.1 Å². The van der Waals surface area contributed by atoms with Gasteiger partial charge in [-0.3, -0.25) is 4.79 Å². The molecule has 19 heavy (non-hydrogen) atoms. The van der Waals surface area contributed by atoms with Crippen molar-refractivity contribution in [1.29, 1.82) is 0 Å². The molecule has 1 fully saturated rings. The van der Waals surface area contributed by atoms with Gasteiger partial charge in [0, 0.05) is 19.1 Å². The molecule has 0 bridgehead atoms. The Morgan fingerprint density at radius 1 is 1.42 bits per heavy atom. The summed E-state index contributed by atoms with van der Waals surface area (Å²) in [6.07, 6.45) is 2.48. The largest absolute Gasteiger partial charge is 0.369 e. The fraction of sp³-hybridized carbons (Fsp3) is 0.643. The minimum atomic E-state index is -0.0163. The Balaban J connectivity index is 2.06. The van der Waals surface area contributed by atoms with Crippen LogP contribution in [0.2, 0.25) is 0 Å². The Morgan fingerprint density at radius 3 is 2.63 bits per heavy atom. The highest BCUT2D eigenvalue weighted by Crippen LogP contribution is 2.30. The first kappa shape index (κ1) is 13.8. The van der Waals surface area contributed by atoms with Crippen LogP contribution in [0.3, 0.4) is 0 Å². The summed E-state index contributed by atoms with van der Waals surface area (Å²) in [5, 5.41) is 11.1. The van der Waals surface area contributed by atoms with Gasteiger partial charge in [0.2, 0.25) is 0 Å². The van der Waals surface area contributed by atoms with Gasteiger partial charge in [0.05, 0.1) is 0 Å². The summed E-state index contributed by atoms with van der Waals surface area (Å²) in [4.78, 5) is 14.3. The van der Waals surface area contributed by atoms with E-state index in [0.717, 1.165) is 13.1 Å². The van der Waals surface area contributed by atoms with E-state index in [0.29, 0.717) is 17.4 Å². The first-order chi connectivity index (χ1) is 9.11. The standard InChI is InChI=1S/C14H22N4O/c1-4-15-13-8-7-12(16-17-13)14(19)18(10(2)3)9-11-5-6-11/h7-8,10-11H,4-6,9H2,1-3H3,(H,15,17). The lowest BCUT2D eigenvalue weighted by Crippen LogP contribution is -2.39. The van der Waals surface area contributed by atoms with Crippen molar-refractivity contribution < 1.29 is 4.79 Å². The Morgan fingerprint density at radius 2 is 2.16 bits per heavy atom. The fourth-order valence-electron chi connectivity index (χ4n) is 1.98. The SMILES string of the molecule is CCNc1ccc(C(=O)N(CC2CC2)C(C)C)nn1. The molecule has 1 aliphatic carbocycles. The van der Waals surface area contributed by atoms with E-state index >= 15 is 0 Å². The number of rotatable bonds is 6. The van der Waals surface area contributed by atoms with Gasteiger partial charge in [-0.1, -0.05) is 0 Å². The third-order valence-electron chi connectivity index (χ3n) is 3.28. The van der Waals surface area contributed by atoms with Crippen LogP contribution in [0.4, 0.5) is 5.82 Å². The Labute approximate surface area is 114 Å². The molecule has 104 valence electrons. The van der Waals surface area contributed by atoms with E-state index in [9.17, 15) is 4.79 Å². The third-order valence-corrected chi connectivity index (χ3v) is 3.28. The molecule has 0 saturated heterocycles. The summed E-state index contributed by atoms with van der Waals surface area (Å²) in [6, 6.07) is 3.75. The molecule has 0 radical (unpaired) electrons. The maximum absolute atomic E-state index is 12.4. The van der Waals surface area contributed by atoms with Crippen molar-refractivity contribution in [1.82, 2.24) is 15.1 Å². The van der Waals surface area contributed by atoms with Crippen LogP contribution in [-0.2, 0) is 0 Å². The number of anilines is 1. The number of nitrogens with zero attached hydrogens (tertiary/aromatic N) is 3. The predicted octanol–water partition coefficient (Wildman–Crippen LogP) is 2.17. The summed E-state index contributed by atoms with van der Waals surface area (Å²) >= 11 is 0. The zero-order valence-electron chi connectivity index (χ0n) is 11.9. The zero-order valence-corrected chi connectivity index (χ0v) is 11.9. The van der Waals surface area contributed by atoms with Crippen LogP contribution in [0.15, 0.2) is 12.1 Å². The van der Waals surface area contributed by atoms with E-state index in [1.807, 2.05) is 25.7 Å². The van der Waals surface area contributed by atoms with E-state index < -0.39 is 0 Å². The molecule has 0 atom stereocenters. The first-order valence-electron chi connectivity index (χ1n) is 7.00. The van der Waals surface area contributed by atoms with Crippen LogP contribution in [0.5, 0.6) is 0 Å². The van der Waals surface area contributed by atoms with E-state index in [1.54, 1.807) is 12.1 Å². The molecule has 1 aromatic rings. The van der Waals surface area contributed by atoms with Gasteiger partial charge in [0.25, 0.3) is 5.91 Å². The second-order valence-electron chi connectivity index (χ2n) is 5.33. The topological polar surface area (TPSA) is 58.1 Å². The molecule has 5 nitrogen and oxygen atoms in total. The Bertz CT molecular complexity index is 426. The molecule has 0 aromatic carbocycles. The molecular formula is C14H22N4O. The second kappa shape index (κ2) is 5.99. The Hall–Kier alpha value is -1.65. The molecule has 0 unspecified atom stereocenters. The lowest BCUT2D eigenvalue weighted by molar-refractivity contribution is 0.0689. The highest BCUT2D eigenvalue weighted by atomic mass is 16.2. The van der Waals surface area contributed by atoms with Gasteiger partial charge in [-0.05, 0) is 51.7 Å². The lowest BCUT2D eigenvalue weighted by Gasteiger charge is -2.26. The number of carbonyl (C=O) groups excluding carboxylic acids is 1. The van der Waals surface area contributed by atoms with Crippen molar-refractivity contribution in [3.63, 3.8) is 0 Å². The molecule has 1 heterocycles. The van der Waals surface area contributed by atoms with Gasteiger partial charge in [0.15, 0.2) is 5.69 Å². The monoisotopic (exact) mass is 262 g/mol. The molecule has 5 heteroatoms. The quantitative estimate of drug-likeness (QED) is 0.853. The highest BCUT2D eigenvalue weighted by molar-refractivity contribution is 5.92. The molecule has 1 aliphatic rings. The zero-order chi connectivity index (χ0) is 13.8. The molecular weight excluding hydrogens is 240 g/mol. The van der Waals surface area contributed by atoms with Crippen molar-refractivity contribution in [2.75, 3.05) is 18.4 Å². The van der Waals surface area contributed by atoms with Gasteiger partial charge in [-0.15, -0.1) is 10.2 Å². The van der Waals surface area contributed by atoms with Gasteiger partial charge in [0.1, 0.15) is 5.82 Å². The normalized spacial score (nSPS) is 14.5. The summed E-state index contributed by atoms with van der Waals surface area (Å²) in [5.74, 6) is 1.37. The van der Waals surface area contributed by atoms with Gasteiger partial charge in [-0.2, -0.15) is 0 Å². The number of nitrogens with one attached hydrogen (secondary N) is 1. The lowest BCUT2D eigenvalue weighted by atomic mass is 10.2. The van der Waals surface area contributed by atoms with E-state index in [1.165, 1.54) is 12.8 Å². The number of amides is 1. The van der Waals surface area contributed by atoms with Crippen molar-refractivity contribution in [2.24, 2.45) is 5.92 Å². The Kier molecular flexibility index (Phi) is 4.35. The first-order valence-corrected chi connectivity index (χ1v) is 7.00. The minimum Gasteiger partial charge on any atom is -0.369 e. The predicted molar refractivity (Wildman–Crippen MR) is 75.1 cm³/mol. The van der Waals surface area contributed by atoms with Crippen molar-refractivity contribution in [2.45, 2.75) is 39.7 Å². The second-order valence-corrected chi connectivity index (χ2v) is 5.33. The van der Waals surface area contributed by atoms with E-state index in [-0.39, 0.29) is 11.9 Å². The number of carbonyl (C=O) groups is 1. The summed E-state index contributed by atoms with van der Waals surface area (Å²) in [6.45, 7) is 7.72.